The van der Waals surface area contributed by atoms with Crippen LogP contribution in [0.5, 0.6) is 0 Å². The molecule has 2 rings (SSSR count). The molecule has 0 aromatic heterocycles. The van der Waals surface area contributed by atoms with E-state index in [-0.39, 0.29) is 29.4 Å². The van der Waals surface area contributed by atoms with Crippen LogP contribution in [0, 0.1) is 5.92 Å². The lowest BCUT2D eigenvalue weighted by Crippen LogP contribution is -2.45. The molecule has 2 N–H and O–H groups in total. The molecule has 6 nitrogen and oxygen atoms in total. The monoisotopic (exact) mass is 246 g/mol. The van der Waals surface area contributed by atoms with Gasteiger partial charge in [0.1, 0.15) is 0 Å². The summed E-state index contributed by atoms with van der Waals surface area (Å²) >= 11 is 0. The van der Waals surface area contributed by atoms with Crippen LogP contribution in [0.25, 0.3) is 0 Å². The molecule has 1 saturated heterocycles. The molecule has 1 atom stereocenters. The summed E-state index contributed by atoms with van der Waals surface area (Å²) in [6, 6.07) is -0.948. The lowest BCUT2D eigenvalue weighted by atomic mass is 10.3. The predicted molar refractivity (Wildman–Crippen MR) is 56.5 cm³/mol. The van der Waals surface area contributed by atoms with Crippen molar-refractivity contribution >= 4 is 21.8 Å². The van der Waals surface area contributed by atoms with E-state index in [9.17, 15) is 18.0 Å². The van der Waals surface area contributed by atoms with Gasteiger partial charge < -0.3 is 5.32 Å². The molecule has 0 aromatic rings. The first kappa shape index (κ1) is 11.4. The lowest BCUT2D eigenvalue weighted by Gasteiger charge is -2.10. The Bertz CT molecular complexity index is 413. The van der Waals surface area contributed by atoms with E-state index in [1.807, 2.05) is 0 Å². The number of hydrogen-bond donors (Lipinski definition) is 2. The van der Waals surface area contributed by atoms with Crippen LogP contribution >= 0.6 is 0 Å². The number of urea groups is 1. The maximum Gasteiger partial charge on any atom is 0.321 e. The third-order valence-corrected chi connectivity index (χ3v) is 4.52. The van der Waals surface area contributed by atoms with Gasteiger partial charge >= 0.3 is 6.03 Å². The van der Waals surface area contributed by atoms with Crippen LogP contribution in [-0.2, 0) is 14.6 Å². The SMILES string of the molecule is O=C(NC(=O)C1CC1)NC1CCS(=O)(=O)C1. The lowest BCUT2D eigenvalue weighted by molar-refractivity contribution is -0.121. The maximum atomic E-state index is 11.3. The number of nitrogens with one attached hydrogen (secondary N) is 2. The summed E-state index contributed by atoms with van der Waals surface area (Å²) in [4.78, 5) is 22.5. The highest BCUT2D eigenvalue weighted by Gasteiger charge is 2.32. The Hall–Kier alpha value is -1.11. The molecule has 0 radical (unpaired) electrons. The number of sulfone groups is 1. The summed E-state index contributed by atoms with van der Waals surface area (Å²) in [5.41, 5.74) is 0. The van der Waals surface area contributed by atoms with Crippen LogP contribution < -0.4 is 10.6 Å². The van der Waals surface area contributed by atoms with Gasteiger partial charge in [0.2, 0.25) is 5.91 Å². The first-order valence-electron chi connectivity index (χ1n) is 5.28. The normalized spacial score (nSPS) is 27.4. The van der Waals surface area contributed by atoms with Gasteiger partial charge in [-0.15, -0.1) is 0 Å². The van der Waals surface area contributed by atoms with Crippen molar-refractivity contribution in [1.29, 1.82) is 0 Å². The van der Waals surface area contributed by atoms with E-state index in [1.54, 1.807) is 0 Å². The van der Waals surface area contributed by atoms with Gasteiger partial charge in [0, 0.05) is 12.0 Å². The van der Waals surface area contributed by atoms with E-state index in [4.69, 9.17) is 0 Å². The number of imide groups is 1. The molecule has 1 saturated carbocycles. The van der Waals surface area contributed by atoms with Crippen molar-refractivity contribution in [1.82, 2.24) is 10.6 Å². The second kappa shape index (κ2) is 4.04. The van der Waals surface area contributed by atoms with E-state index in [1.165, 1.54) is 0 Å². The van der Waals surface area contributed by atoms with Crippen LogP contribution in [0.15, 0.2) is 0 Å². The second-order valence-electron chi connectivity index (χ2n) is 4.34. The maximum absolute atomic E-state index is 11.3. The summed E-state index contributed by atoms with van der Waals surface area (Å²) in [5, 5.41) is 4.71. The molecule has 90 valence electrons. The molecule has 1 unspecified atom stereocenters. The minimum absolute atomic E-state index is 0.0296. The molecule has 16 heavy (non-hydrogen) atoms. The van der Waals surface area contributed by atoms with Gasteiger partial charge in [0.25, 0.3) is 0 Å². The highest BCUT2D eigenvalue weighted by Crippen LogP contribution is 2.28. The number of carbonyl (C=O) groups is 2. The minimum Gasteiger partial charge on any atom is -0.334 e. The summed E-state index contributed by atoms with van der Waals surface area (Å²) < 4.78 is 22.2. The zero-order valence-electron chi connectivity index (χ0n) is 8.73. The summed E-state index contributed by atoms with van der Waals surface area (Å²) in [6.45, 7) is 0. The second-order valence-corrected chi connectivity index (χ2v) is 6.57. The summed E-state index contributed by atoms with van der Waals surface area (Å²) in [6.07, 6.45) is 2.08. The fourth-order valence-corrected chi connectivity index (χ4v) is 3.36. The van der Waals surface area contributed by atoms with Gasteiger partial charge in [-0.3, -0.25) is 10.1 Å². The van der Waals surface area contributed by atoms with Gasteiger partial charge in [0.15, 0.2) is 9.84 Å². The molecule has 2 fully saturated rings. The molecule has 1 aliphatic carbocycles. The largest absolute Gasteiger partial charge is 0.334 e. The standard InChI is InChI=1S/C9H14N2O4S/c12-8(6-1-2-6)11-9(13)10-7-3-4-16(14,15)5-7/h6-7H,1-5H2,(H2,10,11,12,13). The van der Waals surface area contributed by atoms with E-state index >= 15 is 0 Å². The fourth-order valence-electron chi connectivity index (χ4n) is 1.69. The van der Waals surface area contributed by atoms with Crippen molar-refractivity contribution in [2.45, 2.75) is 25.3 Å². The average Bonchev–Trinajstić information content (AvgIpc) is 2.92. The molecule has 0 spiro atoms. The van der Waals surface area contributed by atoms with E-state index < -0.39 is 15.9 Å². The van der Waals surface area contributed by atoms with Crippen LogP contribution in [0.3, 0.4) is 0 Å². The van der Waals surface area contributed by atoms with Crippen LogP contribution in [0.1, 0.15) is 19.3 Å². The third-order valence-electron chi connectivity index (χ3n) is 2.75. The summed E-state index contributed by atoms with van der Waals surface area (Å²) in [7, 11) is -3.00. The average molecular weight is 246 g/mol. The molecular weight excluding hydrogens is 232 g/mol. The van der Waals surface area contributed by atoms with Gasteiger partial charge in [-0.25, -0.2) is 13.2 Å². The molecule has 2 aliphatic rings. The van der Waals surface area contributed by atoms with Gasteiger partial charge in [-0.1, -0.05) is 0 Å². The number of rotatable bonds is 2. The fraction of sp³-hybridized carbons (Fsp3) is 0.778. The Morgan fingerprint density at radius 1 is 1.12 bits per heavy atom. The molecule has 3 amide bonds. The van der Waals surface area contributed by atoms with Crippen LogP contribution in [0.2, 0.25) is 0 Å². The molecule has 0 aromatic carbocycles. The quantitative estimate of drug-likeness (QED) is 0.681. The van der Waals surface area contributed by atoms with Crippen LogP contribution in [-0.4, -0.2) is 37.9 Å². The zero-order valence-corrected chi connectivity index (χ0v) is 9.55. The first-order chi connectivity index (χ1) is 7.46. The first-order valence-corrected chi connectivity index (χ1v) is 7.10. The van der Waals surface area contributed by atoms with Crippen molar-refractivity contribution in [3.63, 3.8) is 0 Å². The highest BCUT2D eigenvalue weighted by molar-refractivity contribution is 7.91. The van der Waals surface area contributed by atoms with Crippen LogP contribution in [0.4, 0.5) is 4.79 Å². The molecule has 1 heterocycles. The topological polar surface area (TPSA) is 92.3 Å². The smallest absolute Gasteiger partial charge is 0.321 e. The molecule has 0 bridgehead atoms. The van der Waals surface area contributed by atoms with E-state index in [0.29, 0.717) is 6.42 Å². The summed E-state index contributed by atoms with van der Waals surface area (Å²) in [5.74, 6) is -0.219. The Kier molecular flexibility index (Phi) is 2.88. The molecular formula is C9H14N2O4S. The third kappa shape index (κ3) is 2.94. The Morgan fingerprint density at radius 3 is 2.31 bits per heavy atom. The Labute approximate surface area is 93.7 Å². The van der Waals surface area contributed by atoms with Gasteiger partial charge in [-0.05, 0) is 19.3 Å². The Balaban J connectivity index is 1.77. The van der Waals surface area contributed by atoms with Crippen molar-refractivity contribution in [2.75, 3.05) is 11.5 Å². The number of hydrogen-bond acceptors (Lipinski definition) is 4. The predicted octanol–water partition coefficient (Wildman–Crippen LogP) is -0.591. The highest BCUT2D eigenvalue weighted by atomic mass is 32.2. The van der Waals surface area contributed by atoms with Crippen molar-refractivity contribution in [2.24, 2.45) is 5.92 Å². The molecule has 7 heteroatoms. The van der Waals surface area contributed by atoms with E-state index in [2.05, 4.69) is 10.6 Å². The Morgan fingerprint density at radius 2 is 1.81 bits per heavy atom. The van der Waals surface area contributed by atoms with Gasteiger partial charge in [-0.2, -0.15) is 0 Å². The van der Waals surface area contributed by atoms with Gasteiger partial charge in [0.05, 0.1) is 11.5 Å². The van der Waals surface area contributed by atoms with E-state index in [0.717, 1.165) is 12.8 Å². The minimum atomic E-state index is -3.00. The number of carbonyl (C=O) groups excluding carboxylic acids is 2. The molecule has 1 aliphatic heterocycles. The zero-order chi connectivity index (χ0) is 11.8. The van der Waals surface area contributed by atoms with Crippen molar-refractivity contribution in [3.05, 3.63) is 0 Å². The van der Waals surface area contributed by atoms with Crippen molar-refractivity contribution in [3.8, 4) is 0 Å². The van der Waals surface area contributed by atoms with Crippen molar-refractivity contribution < 1.29 is 18.0 Å². The number of amides is 3.